The number of aliphatic carboxylic acids is 1. The van der Waals surface area contributed by atoms with Gasteiger partial charge in [-0.15, -0.1) is 0 Å². The first-order chi connectivity index (χ1) is 9.18. The van der Waals surface area contributed by atoms with Crippen LogP contribution >= 0.6 is 0 Å². The Hall–Kier alpha value is -1.03. The Labute approximate surface area is 117 Å². The van der Waals surface area contributed by atoms with E-state index in [4.69, 9.17) is 15.3 Å². The van der Waals surface area contributed by atoms with Gasteiger partial charge in [0, 0.05) is 13.1 Å². The minimum Gasteiger partial charge on any atom is -0.481 e. The number of aliphatic hydroxyl groups is 5. The average Bonchev–Trinajstić information content (AvgIpc) is 2.34. The lowest BCUT2D eigenvalue weighted by atomic mass is 10.0. The van der Waals surface area contributed by atoms with E-state index in [1.807, 2.05) is 0 Å². The zero-order valence-corrected chi connectivity index (χ0v) is 11.4. The van der Waals surface area contributed by atoms with Crippen LogP contribution < -0.4 is 0 Å². The Morgan fingerprint density at radius 1 is 1.15 bits per heavy atom. The topological polar surface area (TPSA) is 142 Å². The van der Waals surface area contributed by atoms with E-state index in [2.05, 4.69) is 6.58 Å². The molecule has 0 aliphatic carbocycles. The maximum Gasteiger partial charge on any atom is 0.307 e. The highest BCUT2D eigenvalue weighted by Gasteiger charge is 2.30. The van der Waals surface area contributed by atoms with E-state index in [1.165, 1.54) is 4.90 Å². The lowest BCUT2D eigenvalue weighted by molar-refractivity contribution is -0.136. The zero-order valence-electron chi connectivity index (χ0n) is 11.4. The van der Waals surface area contributed by atoms with Gasteiger partial charge in [0.1, 0.15) is 18.3 Å². The van der Waals surface area contributed by atoms with Gasteiger partial charge in [-0.25, -0.2) is 0 Å². The molecule has 6 N–H and O–H groups in total. The van der Waals surface area contributed by atoms with E-state index < -0.39 is 37.0 Å². The number of hydrogen-bond donors (Lipinski definition) is 6. The zero-order chi connectivity index (χ0) is 15.9. The van der Waals surface area contributed by atoms with Gasteiger partial charge in [0.05, 0.1) is 19.1 Å². The Kier molecular flexibility index (Phi) is 8.54. The standard InChI is InChI=1S/C12H23NO7/c1-7(3-10(17)18)4-13(2)5-8(15)11(19)12(20)9(16)6-14/h8-9,11-12,14-16,19-20H,1,3-6H2,2H3,(H,17,18). The van der Waals surface area contributed by atoms with Crippen LogP contribution in [0.15, 0.2) is 12.2 Å². The van der Waals surface area contributed by atoms with Gasteiger partial charge in [0.25, 0.3) is 0 Å². The molecule has 0 bridgehead atoms. The summed E-state index contributed by atoms with van der Waals surface area (Å²) in [4.78, 5) is 12.0. The van der Waals surface area contributed by atoms with Crippen LogP contribution in [0.25, 0.3) is 0 Å². The van der Waals surface area contributed by atoms with E-state index in [0.29, 0.717) is 5.57 Å². The SMILES string of the molecule is C=C(CC(=O)O)CN(C)CC(O)C(O)C(O)C(O)CO. The fraction of sp³-hybridized carbons (Fsp3) is 0.750. The number of likely N-dealkylation sites (N-methyl/N-ethyl adjacent to an activating group) is 1. The van der Waals surface area contributed by atoms with Crippen molar-refractivity contribution >= 4 is 5.97 Å². The maximum absolute atomic E-state index is 10.5. The minimum absolute atomic E-state index is 0.0605. The lowest BCUT2D eigenvalue weighted by Crippen LogP contribution is -2.49. The van der Waals surface area contributed by atoms with Gasteiger partial charge in [-0.05, 0) is 7.05 Å². The number of carboxylic acids is 1. The third-order valence-electron chi connectivity index (χ3n) is 2.72. The first-order valence-electron chi connectivity index (χ1n) is 6.09. The highest BCUT2D eigenvalue weighted by molar-refractivity contribution is 5.69. The van der Waals surface area contributed by atoms with Crippen LogP contribution in [0.3, 0.4) is 0 Å². The molecule has 118 valence electrons. The summed E-state index contributed by atoms with van der Waals surface area (Å²) in [7, 11) is 1.58. The predicted octanol–water partition coefficient (Wildman–Crippen LogP) is -2.61. The number of carbonyl (C=O) groups is 1. The Morgan fingerprint density at radius 3 is 2.10 bits per heavy atom. The summed E-state index contributed by atoms with van der Waals surface area (Å²) in [6.07, 6.45) is -6.42. The highest BCUT2D eigenvalue weighted by Crippen LogP contribution is 2.08. The van der Waals surface area contributed by atoms with Crippen molar-refractivity contribution in [1.82, 2.24) is 4.90 Å². The molecule has 0 amide bonds. The molecule has 8 nitrogen and oxygen atoms in total. The van der Waals surface area contributed by atoms with Gasteiger partial charge in [-0.2, -0.15) is 0 Å². The van der Waals surface area contributed by atoms with Crippen LogP contribution in [-0.2, 0) is 4.79 Å². The second kappa shape index (κ2) is 9.01. The van der Waals surface area contributed by atoms with Crippen LogP contribution in [0.4, 0.5) is 0 Å². The Bertz CT molecular complexity index is 323. The van der Waals surface area contributed by atoms with Crippen LogP contribution in [0.1, 0.15) is 6.42 Å². The molecule has 0 fully saturated rings. The summed E-state index contributed by atoms with van der Waals surface area (Å²) >= 11 is 0. The van der Waals surface area contributed by atoms with Gasteiger partial charge in [0.2, 0.25) is 0 Å². The second-order valence-electron chi connectivity index (χ2n) is 4.82. The van der Waals surface area contributed by atoms with Gasteiger partial charge < -0.3 is 30.6 Å². The van der Waals surface area contributed by atoms with Gasteiger partial charge >= 0.3 is 5.97 Å². The molecular weight excluding hydrogens is 270 g/mol. The smallest absolute Gasteiger partial charge is 0.307 e. The summed E-state index contributed by atoms with van der Waals surface area (Å²) in [5.41, 5.74) is 0.428. The largest absolute Gasteiger partial charge is 0.481 e. The summed E-state index contributed by atoms with van der Waals surface area (Å²) in [5.74, 6) is -1.01. The molecule has 0 saturated heterocycles. The molecule has 0 aliphatic heterocycles. The van der Waals surface area contributed by atoms with E-state index in [0.717, 1.165) is 0 Å². The molecule has 0 saturated carbocycles. The molecule has 4 atom stereocenters. The second-order valence-corrected chi connectivity index (χ2v) is 4.82. The molecule has 0 aromatic rings. The van der Waals surface area contributed by atoms with Gasteiger partial charge in [0.15, 0.2) is 0 Å². The van der Waals surface area contributed by atoms with Crippen LogP contribution in [0.5, 0.6) is 0 Å². The normalized spacial score (nSPS) is 17.6. The molecule has 20 heavy (non-hydrogen) atoms. The van der Waals surface area contributed by atoms with Crippen LogP contribution in [0.2, 0.25) is 0 Å². The summed E-state index contributed by atoms with van der Waals surface area (Å²) in [6.45, 7) is 2.98. The van der Waals surface area contributed by atoms with Crippen molar-refractivity contribution in [3.63, 3.8) is 0 Å². The van der Waals surface area contributed by atoms with Crippen LogP contribution in [-0.4, -0.2) is 92.7 Å². The fourth-order valence-corrected chi connectivity index (χ4v) is 1.71. The summed E-state index contributed by atoms with van der Waals surface area (Å²) < 4.78 is 0. The number of rotatable bonds is 10. The van der Waals surface area contributed by atoms with E-state index >= 15 is 0 Å². The van der Waals surface area contributed by atoms with Crippen molar-refractivity contribution in [3.05, 3.63) is 12.2 Å². The van der Waals surface area contributed by atoms with Crippen LogP contribution in [0, 0.1) is 0 Å². The lowest BCUT2D eigenvalue weighted by Gasteiger charge is -2.28. The molecule has 0 radical (unpaired) electrons. The quantitative estimate of drug-likeness (QED) is 0.241. The molecule has 8 heteroatoms. The maximum atomic E-state index is 10.5. The first-order valence-corrected chi connectivity index (χ1v) is 6.09. The van der Waals surface area contributed by atoms with Crippen molar-refractivity contribution in [3.8, 4) is 0 Å². The van der Waals surface area contributed by atoms with E-state index in [9.17, 15) is 20.1 Å². The van der Waals surface area contributed by atoms with E-state index in [-0.39, 0.29) is 19.5 Å². The monoisotopic (exact) mass is 293 g/mol. The highest BCUT2D eigenvalue weighted by atomic mass is 16.4. The molecule has 0 aliphatic rings. The van der Waals surface area contributed by atoms with E-state index in [1.54, 1.807) is 7.05 Å². The molecule has 0 aromatic heterocycles. The third kappa shape index (κ3) is 6.94. The average molecular weight is 293 g/mol. The van der Waals surface area contributed by atoms with Gasteiger partial charge in [-0.3, -0.25) is 9.69 Å². The van der Waals surface area contributed by atoms with Crippen molar-refractivity contribution < 1.29 is 35.4 Å². The first kappa shape index (κ1) is 19.0. The van der Waals surface area contributed by atoms with Crippen molar-refractivity contribution in [1.29, 1.82) is 0 Å². The molecular formula is C12H23NO7. The number of nitrogens with zero attached hydrogens (tertiary/aromatic N) is 1. The summed E-state index contributed by atoms with van der Waals surface area (Å²) in [6, 6.07) is 0. The number of hydrogen-bond acceptors (Lipinski definition) is 7. The number of aliphatic hydroxyl groups excluding tert-OH is 5. The molecule has 0 spiro atoms. The molecule has 0 heterocycles. The molecule has 4 unspecified atom stereocenters. The Morgan fingerprint density at radius 2 is 1.65 bits per heavy atom. The van der Waals surface area contributed by atoms with Crippen molar-refractivity contribution in [2.24, 2.45) is 0 Å². The third-order valence-corrected chi connectivity index (χ3v) is 2.72. The Balaban J connectivity index is 4.27. The number of carboxylic acid groups (broad SMARTS) is 1. The van der Waals surface area contributed by atoms with Gasteiger partial charge in [-0.1, -0.05) is 12.2 Å². The minimum atomic E-state index is -1.68. The molecule has 0 rings (SSSR count). The molecule has 0 aromatic carbocycles. The fourth-order valence-electron chi connectivity index (χ4n) is 1.71. The summed E-state index contributed by atoms with van der Waals surface area (Å²) in [5, 5.41) is 55.1. The van der Waals surface area contributed by atoms with Crippen molar-refractivity contribution in [2.45, 2.75) is 30.8 Å². The van der Waals surface area contributed by atoms with Crippen molar-refractivity contribution in [2.75, 3.05) is 26.7 Å². The predicted molar refractivity (Wildman–Crippen MR) is 70.0 cm³/mol.